The van der Waals surface area contributed by atoms with Crippen LogP contribution in [0.15, 0.2) is 88.5 Å². The van der Waals surface area contributed by atoms with Crippen molar-refractivity contribution in [1.82, 2.24) is 4.98 Å². The lowest BCUT2D eigenvalue weighted by molar-refractivity contribution is -0.113. The maximum atomic E-state index is 12.4. The summed E-state index contributed by atoms with van der Waals surface area (Å²) in [5.74, 6) is 0.719. The molecule has 4 rings (SSSR count). The number of anilines is 1. The minimum atomic E-state index is -0.147. The zero-order chi connectivity index (χ0) is 20.9. The molecule has 0 atom stereocenters. The third-order valence-electron chi connectivity index (χ3n) is 4.56. The fourth-order valence-corrected chi connectivity index (χ4v) is 3.79. The molecule has 1 N–H and O–H groups in total. The third kappa shape index (κ3) is 4.58. The first-order valence-electron chi connectivity index (χ1n) is 9.41. The number of rotatable bonds is 6. The van der Waals surface area contributed by atoms with Gasteiger partial charge in [-0.15, -0.1) is 0 Å². The lowest BCUT2D eigenvalue weighted by Crippen LogP contribution is -2.14. The summed E-state index contributed by atoms with van der Waals surface area (Å²) in [6.07, 6.45) is 0. The summed E-state index contributed by atoms with van der Waals surface area (Å²) >= 11 is 7.38. The molecule has 4 nitrogen and oxygen atoms in total. The number of amides is 1. The van der Waals surface area contributed by atoms with Crippen LogP contribution in [0.3, 0.4) is 0 Å². The molecule has 0 saturated heterocycles. The van der Waals surface area contributed by atoms with Gasteiger partial charge in [0.2, 0.25) is 5.91 Å². The monoisotopic (exact) mass is 434 g/mol. The highest BCUT2D eigenvalue weighted by Gasteiger charge is 2.18. The Bertz CT molecular complexity index is 1100. The number of thioether (sulfide) groups is 1. The predicted octanol–water partition coefficient (Wildman–Crippen LogP) is 6.70. The van der Waals surface area contributed by atoms with Crippen molar-refractivity contribution in [3.05, 3.63) is 89.4 Å². The molecule has 0 saturated carbocycles. The van der Waals surface area contributed by atoms with Gasteiger partial charge in [0.15, 0.2) is 5.76 Å². The Morgan fingerprint density at radius 1 is 0.967 bits per heavy atom. The summed E-state index contributed by atoms with van der Waals surface area (Å²) in [5.41, 5.74) is 4.21. The molecule has 0 aliphatic heterocycles. The van der Waals surface area contributed by atoms with Crippen molar-refractivity contribution in [3.8, 4) is 22.6 Å². The van der Waals surface area contributed by atoms with Crippen LogP contribution in [-0.4, -0.2) is 16.6 Å². The number of aromatic nitrogens is 1. The zero-order valence-electron chi connectivity index (χ0n) is 16.3. The van der Waals surface area contributed by atoms with Crippen LogP contribution in [-0.2, 0) is 4.79 Å². The van der Waals surface area contributed by atoms with Crippen LogP contribution in [0, 0.1) is 6.92 Å². The first-order chi connectivity index (χ1) is 14.6. The Labute approximate surface area is 184 Å². The summed E-state index contributed by atoms with van der Waals surface area (Å²) in [4.78, 5) is 17.1. The standard InChI is InChI=1S/C24H19ClN2O2S/c1-16-19(25)13-8-14-20(16)26-21(28)15-30-24-27-22(17-9-4-2-5-10-17)23(29-24)18-11-6-3-7-12-18/h2-14H,15H2,1H3,(H,26,28). The summed E-state index contributed by atoms with van der Waals surface area (Å²) in [7, 11) is 0. The quantitative estimate of drug-likeness (QED) is 0.343. The Hall–Kier alpha value is -3.02. The van der Waals surface area contributed by atoms with Crippen molar-refractivity contribution < 1.29 is 9.21 Å². The van der Waals surface area contributed by atoms with Gasteiger partial charge in [0.25, 0.3) is 5.22 Å². The molecule has 0 unspecified atom stereocenters. The van der Waals surface area contributed by atoms with Crippen LogP contribution in [0.5, 0.6) is 0 Å². The van der Waals surface area contributed by atoms with Crippen molar-refractivity contribution in [2.24, 2.45) is 0 Å². The van der Waals surface area contributed by atoms with Gasteiger partial charge < -0.3 is 9.73 Å². The second kappa shape index (κ2) is 9.20. The largest absolute Gasteiger partial charge is 0.431 e. The Morgan fingerprint density at radius 2 is 1.63 bits per heavy atom. The van der Waals surface area contributed by atoms with Gasteiger partial charge in [0, 0.05) is 21.8 Å². The first kappa shape index (κ1) is 20.3. The van der Waals surface area contributed by atoms with Gasteiger partial charge in [-0.2, -0.15) is 0 Å². The van der Waals surface area contributed by atoms with Crippen molar-refractivity contribution in [1.29, 1.82) is 0 Å². The van der Waals surface area contributed by atoms with E-state index in [1.807, 2.05) is 79.7 Å². The fraction of sp³-hybridized carbons (Fsp3) is 0.0833. The van der Waals surface area contributed by atoms with Gasteiger partial charge in [0.05, 0.1) is 5.75 Å². The maximum Gasteiger partial charge on any atom is 0.257 e. The normalized spacial score (nSPS) is 10.7. The number of hydrogen-bond acceptors (Lipinski definition) is 4. The second-order valence-electron chi connectivity index (χ2n) is 6.64. The summed E-state index contributed by atoms with van der Waals surface area (Å²) in [5, 5.41) is 3.96. The topological polar surface area (TPSA) is 55.1 Å². The molecule has 6 heteroatoms. The minimum Gasteiger partial charge on any atom is -0.431 e. The molecule has 0 spiro atoms. The fourth-order valence-electron chi connectivity index (χ4n) is 3.00. The average molecular weight is 435 g/mol. The van der Waals surface area contributed by atoms with Crippen LogP contribution in [0.25, 0.3) is 22.6 Å². The van der Waals surface area contributed by atoms with Gasteiger partial charge in [-0.05, 0) is 24.6 Å². The van der Waals surface area contributed by atoms with Crippen molar-refractivity contribution >= 4 is 35.0 Å². The molecule has 1 amide bonds. The van der Waals surface area contributed by atoms with E-state index >= 15 is 0 Å². The number of halogens is 1. The van der Waals surface area contributed by atoms with Gasteiger partial charge >= 0.3 is 0 Å². The first-order valence-corrected chi connectivity index (χ1v) is 10.8. The molecule has 0 radical (unpaired) electrons. The summed E-state index contributed by atoms with van der Waals surface area (Å²) < 4.78 is 6.05. The van der Waals surface area contributed by atoms with Crippen LogP contribution in [0.2, 0.25) is 5.02 Å². The van der Waals surface area contributed by atoms with Gasteiger partial charge in [0.1, 0.15) is 5.69 Å². The summed E-state index contributed by atoms with van der Waals surface area (Å²) in [6.45, 7) is 1.87. The van der Waals surface area contributed by atoms with E-state index < -0.39 is 0 Å². The molecule has 0 bridgehead atoms. The second-order valence-corrected chi connectivity index (χ2v) is 7.97. The molecular formula is C24H19ClN2O2S. The highest BCUT2D eigenvalue weighted by molar-refractivity contribution is 7.99. The number of carbonyl (C=O) groups excluding carboxylic acids is 1. The van der Waals surface area contributed by atoms with E-state index in [1.54, 1.807) is 6.07 Å². The number of nitrogens with one attached hydrogen (secondary N) is 1. The zero-order valence-corrected chi connectivity index (χ0v) is 17.8. The Balaban J connectivity index is 1.54. The van der Waals surface area contributed by atoms with E-state index in [1.165, 1.54) is 11.8 Å². The highest BCUT2D eigenvalue weighted by Crippen LogP contribution is 2.35. The van der Waals surface area contributed by atoms with Crippen molar-refractivity contribution in [2.75, 3.05) is 11.1 Å². The van der Waals surface area contributed by atoms with Gasteiger partial charge in [-0.3, -0.25) is 4.79 Å². The maximum absolute atomic E-state index is 12.4. The molecule has 30 heavy (non-hydrogen) atoms. The molecule has 1 aromatic heterocycles. The average Bonchev–Trinajstić information content (AvgIpc) is 3.21. The summed E-state index contributed by atoms with van der Waals surface area (Å²) in [6, 6.07) is 25.2. The molecule has 150 valence electrons. The molecule has 1 heterocycles. The number of benzene rings is 3. The van der Waals surface area contributed by atoms with E-state index in [9.17, 15) is 4.79 Å². The van der Waals surface area contributed by atoms with Crippen LogP contribution in [0.4, 0.5) is 5.69 Å². The molecule has 0 aliphatic rings. The van der Waals surface area contributed by atoms with Crippen LogP contribution in [0.1, 0.15) is 5.56 Å². The molecule has 3 aromatic carbocycles. The third-order valence-corrected chi connectivity index (χ3v) is 5.80. The Morgan fingerprint density at radius 3 is 2.33 bits per heavy atom. The number of nitrogens with zero attached hydrogens (tertiary/aromatic N) is 1. The molecular weight excluding hydrogens is 416 g/mol. The Kier molecular flexibility index (Phi) is 6.21. The van der Waals surface area contributed by atoms with E-state index in [2.05, 4.69) is 10.3 Å². The van der Waals surface area contributed by atoms with E-state index in [0.717, 1.165) is 22.4 Å². The van der Waals surface area contributed by atoms with E-state index in [0.29, 0.717) is 21.7 Å². The number of carbonyl (C=O) groups is 1. The van der Waals surface area contributed by atoms with Crippen molar-refractivity contribution in [2.45, 2.75) is 12.1 Å². The number of oxazole rings is 1. The van der Waals surface area contributed by atoms with Crippen LogP contribution < -0.4 is 5.32 Å². The molecule has 0 fully saturated rings. The number of hydrogen-bond donors (Lipinski definition) is 1. The van der Waals surface area contributed by atoms with Crippen molar-refractivity contribution in [3.63, 3.8) is 0 Å². The van der Waals surface area contributed by atoms with Crippen LogP contribution >= 0.6 is 23.4 Å². The van der Waals surface area contributed by atoms with Gasteiger partial charge in [-0.25, -0.2) is 4.98 Å². The SMILES string of the molecule is Cc1c(Cl)cccc1NC(=O)CSc1nc(-c2ccccc2)c(-c2ccccc2)o1. The highest BCUT2D eigenvalue weighted by atomic mass is 35.5. The lowest BCUT2D eigenvalue weighted by Gasteiger charge is -2.08. The lowest BCUT2D eigenvalue weighted by atomic mass is 10.1. The predicted molar refractivity (Wildman–Crippen MR) is 123 cm³/mol. The smallest absolute Gasteiger partial charge is 0.257 e. The van der Waals surface area contributed by atoms with Gasteiger partial charge in [-0.1, -0.05) is 90.1 Å². The van der Waals surface area contributed by atoms with E-state index in [4.69, 9.17) is 16.0 Å². The minimum absolute atomic E-state index is 0.147. The van der Waals surface area contributed by atoms with E-state index in [-0.39, 0.29) is 11.7 Å². The molecule has 4 aromatic rings. The molecule has 0 aliphatic carbocycles.